The molecule has 3 heterocycles. The van der Waals surface area contributed by atoms with Gasteiger partial charge in [0.25, 0.3) is 5.91 Å². The minimum absolute atomic E-state index is 0.0545. The minimum atomic E-state index is 0.0545. The van der Waals surface area contributed by atoms with E-state index in [-0.39, 0.29) is 5.91 Å². The van der Waals surface area contributed by atoms with Crippen LogP contribution in [0.3, 0.4) is 0 Å². The SMILES string of the molecule is O=C(c1cnc(C2CC2)nc1)N1CCCN(CCn2ccnc2)CC1. The lowest BCUT2D eigenvalue weighted by atomic mass is 10.2. The van der Waals surface area contributed by atoms with Gasteiger partial charge in [-0.25, -0.2) is 15.0 Å². The Morgan fingerprint density at radius 2 is 1.92 bits per heavy atom. The van der Waals surface area contributed by atoms with Crippen molar-refractivity contribution in [2.75, 3.05) is 32.7 Å². The number of amides is 1. The summed E-state index contributed by atoms with van der Waals surface area (Å²) in [6.45, 7) is 5.40. The maximum atomic E-state index is 12.7. The average Bonchev–Trinajstić information content (AvgIpc) is 3.41. The number of nitrogens with zero attached hydrogens (tertiary/aromatic N) is 6. The predicted octanol–water partition coefficient (Wildman–Crippen LogP) is 1.40. The number of carbonyl (C=O) groups is 1. The second-order valence-electron chi connectivity index (χ2n) is 6.89. The molecule has 25 heavy (non-hydrogen) atoms. The fourth-order valence-electron chi connectivity index (χ4n) is 3.26. The van der Waals surface area contributed by atoms with Crippen molar-refractivity contribution in [2.24, 2.45) is 0 Å². The summed E-state index contributed by atoms with van der Waals surface area (Å²) in [6, 6.07) is 0. The number of hydrogen-bond donors (Lipinski definition) is 0. The highest BCUT2D eigenvalue weighted by atomic mass is 16.2. The van der Waals surface area contributed by atoms with E-state index in [1.54, 1.807) is 18.6 Å². The molecule has 0 atom stereocenters. The lowest BCUT2D eigenvalue weighted by molar-refractivity contribution is 0.0760. The quantitative estimate of drug-likeness (QED) is 0.823. The summed E-state index contributed by atoms with van der Waals surface area (Å²) in [4.78, 5) is 29.9. The standard InChI is InChI=1S/C18H24N6O/c25-18(16-12-20-17(21-13-16)15-2-3-15)24-6-1-5-22(10-11-24)8-9-23-7-4-19-14-23/h4,7,12-15H,1-3,5-6,8-11H2. The Labute approximate surface area is 147 Å². The number of hydrogen-bond acceptors (Lipinski definition) is 5. The van der Waals surface area contributed by atoms with Gasteiger partial charge in [0.2, 0.25) is 0 Å². The molecule has 2 aliphatic rings. The molecule has 0 bridgehead atoms. The molecular formula is C18H24N6O. The fourth-order valence-corrected chi connectivity index (χ4v) is 3.26. The summed E-state index contributed by atoms with van der Waals surface area (Å²) in [7, 11) is 0. The van der Waals surface area contributed by atoms with E-state index < -0.39 is 0 Å². The first-order chi connectivity index (χ1) is 12.3. The zero-order chi connectivity index (χ0) is 17.1. The summed E-state index contributed by atoms with van der Waals surface area (Å²) in [5, 5.41) is 0. The van der Waals surface area contributed by atoms with Gasteiger partial charge >= 0.3 is 0 Å². The zero-order valence-corrected chi connectivity index (χ0v) is 14.4. The van der Waals surface area contributed by atoms with Crippen LogP contribution in [0.25, 0.3) is 0 Å². The third kappa shape index (κ3) is 4.04. The van der Waals surface area contributed by atoms with Gasteiger partial charge in [-0.1, -0.05) is 0 Å². The van der Waals surface area contributed by atoms with Crippen LogP contribution < -0.4 is 0 Å². The summed E-state index contributed by atoms with van der Waals surface area (Å²) in [5.74, 6) is 1.46. The normalized spacial score (nSPS) is 19.0. The van der Waals surface area contributed by atoms with Crippen molar-refractivity contribution in [3.05, 3.63) is 42.5 Å². The van der Waals surface area contributed by atoms with Crippen LogP contribution in [0.2, 0.25) is 0 Å². The molecule has 2 fully saturated rings. The maximum Gasteiger partial charge on any atom is 0.257 e. The lowest BCUT2D eigenvalue weighted by Gasteiger charge is -2.22. The van der Waals surface area contributed by atoms with E-state index in [9.17, 15) is 4.79 Å². The van der Waals surface area contributed by atoms with Crippen molar-refractivity contribution in [1.82, 2.24) is 29.3 Å². The van der Waals surface area contributed by atoms with Crippen molar-refractivity contribution in [2.45, 2.75) is 31.7 Å². The molecule has 4 rings (SSSR count). The van der Waals surface area contributed by atoms with E-state index in [0.717, 1.165) is 51.5 Å². The van der Waals surface area contributed by atoms with Gasteiger partial charge in [-0.15, -0.1) is 0 Å². The van der Waals surface area contributed by atoms with Crippen molar-refractivity contribution in [3.8, 4) is 0 Å². The molecule has 1 saturated heterocycles. The summed E-state index contributed by atoms with van der Waals surface area (Å²) in [5.41, 5.74) is 0.608. The third-order valence-corrected chi connectivity index (χ3v) is 4.97. The molecule has 0 N–H and O–H groups in total. The molecule has 0 aromatic carbocycles. The van der Waals surface area contributed by atoms with Crippen molar-refractivity contribution >= 4 is 5.91 Å². The van der Waals surface area contributed by atoms with E-state index in [2.05, 4.69) is 24.4 Å². The van der Waals surface area contributed by atoms with Crippen LogP contribution in [-0.2, 0) is 6.54 Å². The average molecular weight is 340 g/mol. The Bertz CT molecular complexity index is 695. The van der Waals surface area contributed by atoms with Crippen LogP contribution in [0.5, 0.6) is 0 Å². The molecule has 2 aromatic rings. The van der Waals surface area contributed by atoms with Gasteiger partial charge in [0.05, 0.1) is 11.9 Å². The molecule has 7 nitrogen and oxygen atoms in total. The first-order valence-corrected chi connectivity index (χ1v) is 9.09. The van der Waals surface area contributed by atoms with Crippen LogP contribution >= 0.6 is 0 Å². The van der Waals surface area contributed by atoms with Gasteiger partial charge in [-0.2, -0.15) is 0 Å². The van der Waals surface area contributed by atoms with Gasteiger partial charge in [0.1, 0.15) is 5.82 Å². The van der Waals surface area contributed by atoms with Crippen LogP contribution in [0.4, 0.5) is 0 Å². The molecule has 1 saturated carbocycles. The van der Waals surface area contributed by atoms with Crippen molar-refractivity contribution in [1.29, 1.82) is 0 Å². The smallest absolute Gasteiger partial charge is 0.257 e. The molecule has 1 aliphatic carbocycles. The van der Waals surface area contributed by atoms with Gasteiger partial charge in [0.15, 0.2) is 0 Å². The van der Waals surface area contributed by atoms with E-state index >= 15 is 0 Å². The summed E-state index contributed by atoms with van der Waals surface area (Å²) < 4.78 is 2.09. The monoisotopic (exact) mass is 340 g/mol. The van der Waals surface area contributed by atoms with E-state index in [1.165, 1.54) is 12.8 Å². The Morgan fingerprint density at radius 3 is 2.64 bits per heavy atom. The maximum absolute atomic E-state index is 12.7. The lowest BCUT2D eigenvalue weighted by Crippen LogP contribution is -2.36. The predicted molar refractivity (Wildman–Crippen MR) is 93.2 cm³/mol. The van der Waals surface area contributed by atoms with Crippen LogP contribution in [0, 0.1) is 0 Å². The summed E-state index contributed by atoms with van der Waals surface area (Å²) >= 11 is 0. The number of aromatic nitrogens is 4. The van der Waals surface area contributed by atoms with Crippen LogP contribution in [0.1, 0.15) is 41.4 Å². The van der Waals surface area contributed by atoms with E-state index in [1.807, 2.05) is 17.4 Å². The van der Waals surface area contributed by atoms with Crippen molar-refractivity contribution < 1.29 is 4.79 Å². The highest BCUT2D eigenvalue weighted by Gasteiger charge is 2.27. The Hall–Kier alpha value is -2.28. The second kappa shape index (κ2) is 7.31. The van der Waals surface area contributed by atoms with Crippen LogP contribution in [-0.4, -0.2) is 67.9 Å². The molecule has 7 heteroatoms. The molecule has 1 aliphatic heterocycles. The molecule has 0 unspecified atom stereocenters. The highest BCUT2D eigenvalue weighted by Crippen LogP contribution is 2.37. The van der Waals surface area contributed by atoms with Gasteiger partial charge in [-0.05, 0) is 25.8 Å². The Kier molecular flexibility index (Phi) is 4.74. The van der Waals surface area contributed by atoms with E-state index in [4.69, 9.17) is 0 Å². The molecule has 0 radical (unpaired) electrons. The van der Waals surface area contributed by atoms with Crippen LogP contribution in [0.15, 0.2) is 31.1 Å². The fraction of sp³-hybridized carbons (Fsp3) is 0.556. The molecule has 1 amide bonds. The Morgan fingerprint density at radius 1 is 1.08 bits per heavy atom. The second-order valence-corrected chi connectivity index (χ2v) is 6.89. The number of rotatable bonds is 5. The summed E-state index contributed by atoms with van der Waals surface area (Å²) in [6.07, 6.45) is 12.4. The molecule has 0 spiro atoms. The number of carbonyl (C=O) groups excluding carboxylic acids is 1. The first kappa shape index (κ1) is 16.2. The Balaban J connectivity index is 1.31. The van der Waals surface area contributed by atoms with Gasteiger partial charge < -0.3 is 9.47 Å². The van der Waals surface area contributed by atoms with E-state index in [0.29, 0.717) is 11.5 Å². The van der Waals surface area contributed by atoms with Crippen molar-refractivity contribution in [3.63, 3.8) is 0 Å². The third-order valence-electron chi connectivity index (χ3n) is 4.97. The highest BCUT2D eigenvalue weighted by molar-refractivity contribution is 5.93. The van der Waals surface area contributed by atoms with Gasteiger partial charge in [0, 0.05) is 63.4 Å². The minimum Gasteiger partial charge on any atom is -0.337 e. The molecular weight excluding hydrogens is 316 g/mol. The largest absolute Gasteiger partial charge is 0.337 e. The van der Waals surface area contributed by atoms with Gasteiger partial charge in [-0.3, -0.25) is 9.69 Å². The molecule has 132 valence electrons. The first-order valence-electron chi connectivity index (χ1n) is 9.09. The topological polar surface area (TPSA) is 67.2 Å². The zero-order valence-electron chi connectivity index (χ0n) is 14.4. The molecule has 2 aromatic heterocycles. The number of imidazole rings is 1.